The van der Waals surface area contributed by atoms with E-state index in [0.29, 0.717) is 54.6 Å². The molecule has 1 aromatic carbocycles. The molecule has 11 heteroatoms. The Labute approximate surface area is 221 Å². The van der Waals surface area contributed by atoms with Crippen molar-refractivity contribution in [3.8, 4) is 17.0 Å². The lowest BCUT2D eigenvalue weighted by molar-refractivity contribution is 0.0206. The first-order valence-electron chi connectivity index (χ1n) is 12.6. The van der Waals surface area contributed by atoms with Gasteiger partial charge in [0.2, 0.25) is 0 Å². The van der Waals surface area contributed by atoms with Crippen LogP contribution in [-0.2, 0) is 9.47 Å². The van der Waals surface area contributed by atoms with Crippen LogP contribution < -0.4 is 15.8 Å². The van der Waals surface area contributed by atoms with Crippen molar-refractivity contribution >= 4 is 28.9 Å². The quantitative estimate of drug-likeness (QED) is 0.424. The zero-order valence-electron chi connectivity index (χ0n) is 22.2. The molecule has 3 aromatic rings. The Kier molecular flexibility index (Phi) is 8.26. The van der Waals surface area contributed by atoms with E-state index in [2.05, 4.69) is 15.3 Å². The fraction of sp³-hybridized carbons (Fsp3) is 0.444. The second kappa shape index (κ2) is 11.6. The molecule has 0 bridgehead atoms. The molecule has 1 aliphatic heterocycles. The Morgan fingerprint density at radius 3 is 2.58 bits per heavy atom. The van der Waals surface area contributed by atoms with Gasteiger partial charge in [0, 0.05) is 31.8 Å². The van der Waals surface area contributed by atoms with E-state index in [9.17, 15) is 9.59 Å². The Hall–Kier alpha value is -3.99. The van der Waals surface area contributed by atoms with E-state index in [1.807, 2.05) is 45.0 Å². The highest BCUT2D eigenvalue weighted by atomic mass is 16.6. The lowest BCUT2D eigenvalue weighted by atomic mass is 10.0. The largest absolute Gasteiger partial charge is 0.491 e. The molecule has 1 fully saturated rings. The number of benzene rings is 1. The van der Waals surface area contributed by atoms with Crippen molar-refractivity contribution < 1.29 is 23.8 Å². The summed E-state index contributed by atoms with van der Waals surface area (Å²) in [5, 5.41) is 3.41. The normalized spacial score (nSPS) is 15.8. The molecule has 0 radical (unpaired) electrons. The van der Waals surface area contributed by atoms with Gasteiger partial charge in [-0.3, -0.25) is 4.79 Å². The van der Waals surface area contributed by atoms with Gasteiger partial charge >= 0.3 is 6.09 Å². The van der Waals surface area contributed by atoms with Crippen LogP contribution in [0.5, 0.6) is 5.75 Å². The molecule has 11 nitrogen and oxygen atoms in total. The van der Waals surface area contributed by atoms with Crippen LogP contribution in [0, 0.1) is 0 Å². The van der Waals surface area contributed by atoms with E-state index in [1.54, 1.807) is 18.1 Å². The summed E-state index contributed by atoms with van der Waals surface area (Å²) in [5.41, 5.74) is 7.50. The molecule has 0 saturated carbocycles. The number of hydrogen-bond acceptors (Lipinski definition) is 9. The van der Waals surface area contributed by atoms with E-state index in [4.69, 9.17) is 24.9 Å². The van der Waals surface area contributed by atoms with Crippen molar-refractivity contribution in [3.05, 3.63) is 42.2 Å². The molecule has 38 heavy (non-hydrogen) atoms. The predicted octanol–water partition coefficient (Wildman–Crippen LogP) is 3.63. The van der Waals surface area contributed by atoms with E-state index in [0.717, 1.165) is 18.4 Å². The van der Waals surface area contributed by atoms with Crippen LogP contribution in [0.2, 0.25) is 0 Å². The van der Waals surface area contributed by atoms with Gasteiger partial charge in [-0.1, -0.05) is 0 Å². The minimum atomic E-state index is -0.614. The van der Waals surface area contributed by atoms with Crippen molar-refractivity contribution in [2.24, 2.45) is 5.73 Å². The van der Waals surface area contributed by atoms with Gasteiger partial charge in [-0.25, -0.2) is 19.7 Å². The number of likely N-dealkylation sites (tertiary alicyclic amines) is 1. The number of carbonyl (C=O) groups excluding carboxylic acids is 2. The first-order valence-corrected chi connectivity index (χ1v) is 12.6. The van der Waals surface area contributed by atoms with Crippen LogP contribution >= 0.6 is 0 Å². The van der Waals surface area contributed by atoms with Gasteiger partial charge in [-0.05, 0) is 63.9 Å². The summed E-state index contributed by atoms with van der Waals surface area (Å²) < 4.78 is 16.2. The fourth-order valence-corrected chi connectivity index (χ4v) is 4.23. The summed E-state index contributed by atoms with van der Waals surface area (Å²) in [7, 11) is 1.62. The first kappa shape index (κ1) is 27.1. The van der Waals surface area contributed by atoms with Crippen molar-refractivity contribution in [1.82, 2.24) is 19.9 Å². The minimum absolute atomic E-state index is 0.0830. The summed E-state index contributed by atoms with van der Waals surface area (Å²) >= 11 is 0. The number of pyridine rings is 1. The number of aromatic nitrogens is 3. The molecule has 0 aliphatic carbocycles. The third-order valence-corrected chi connectivity index (χ3v) is 5.98. The molecule has 3 N–H and O–H groups in total. The molecule has 3 heterocycles. The van der Waals surface area contributed by atoms with Gasteiger partial charge in [0.15, 0.2) is 5.82 Å². The van der Waals surface area contributed by atoms with Gasteiger partial charge in [0.1, 0.15) is 35.3 Å². The Morgan fingerprint density at radius 1 is 1.13 bits per heavy atom. The number of hydrogen-bond donors (Lipinski definition) is 2. The van der Waals surface area contributed by atoms with E-state index >= 15 is 0 Å². The molecule has 4 rings (SSSR count). The van der Waals surface area contributed by atoms with Crippen LogP contribution in [0.15, 0.2) is 36.7 Å². The zero-order chi connectivity index (χ0) is 27.3. The monoisotopic (exact) mass is 522 g/mol. The van der Waals surface area contributed by atoms with Crippen LogP contribution in [0.25, 0.3) is 22.3 Å². The lowest BCUT2D eigenvalue weighted by Gasteiger charge is -2.34. The van der Waals surface area contributed by atoms with Gasteiger partial charge in [0.05, 0.1) is 17.9 Å². The number of carbonyl (C=O) groups is 2. The van der Waals surface area contributed by atoms with Crippen molar-refractivity contribution in [2.75, 3.05) is 38.7 Å². The second-order valence-corrected chi connectivity index (χ2v) is 10.1. The van der Waals surface area contributed by atoms with Crippen LogP contribution in [-0.4, -0.2) is 76.9 Å². The van der Waals surface area contributed by atoms with Crippen LogP contribution in [0.1, 0.15) is 44.0 Å². The average molecular weight is 523 g/mol. The topological polar surface area (TPSA) is 142 Å². The number of anilines is 1. The van der Waals surface area contributed by atoms with E-state index < -0.39 is 11.5 Å². The lowest BCUT2D eigenvalue weighted by Crippen LogP contribution is -2.47. The third-order valence-electron chi connectivity index (χ3n) is 5.98. The highest BCUT2D eigenvalue weighted by Gasteiger charge is 2.28. The molecular formula is C27H34N6O5. The van der Waals surface area contributed by atoms with Gasteiger partial charge < -0.3 is 30.2 Å². The second-order valence-electron chi connectivity index (χ2n) is 10.1. The Morgan fingerprint density at radius 2 is 1.89 bits per heavy atom. The minimum Gasteiger partial charge on any atom is -0.491 e. The number of ether oxygens (including phenoxy) is 3. The highest BCUT2D eigenvalue weighted by molar-refractivity contribution is 6.06. The van der Waals surface area contributed by atoms with Gasteiger partial charge in [-0.15, -0.1) is 0 Å². The first-order chi connectivity index (χ1) is 18.1. The summed E-state index contributed by atoms with van der Waals surface area (Å²) in [5.74, 6) is 0.547. The maximum absolute atomic E-state index is 12.6. The summed E-state index contributed by atoms with van der Waals surface area (Å²) in [6.45, 7) is 7.54. The maximum atomic E-state index is 12.6. The molecule has 0 spiro atoms. The molecule has 202 valence electrons. The van der Waals surface area contributed by atoms with Crippen LogP contribution in [0.3, 0.4) is 0 Å². The molecule has 2 amide bonds. The molecule has 1 atom stereocenters. The maximum Gasteiger partial charge on any atom is 0.410 e. The Bertz CT molecular complexity index is 1290. The molecular weight excluding hydrogens is 488 g/mol. The number of piperidine rings is 1. The smallest absolute Gasteiger partial charge is 0.410 e. The molecule has 0 unspecified atom stereocenters. The summed E-state index contributed by atoms with van der Waals surface area (Å²) in [6, 6.07) is 8.92. The standard InChI is InChI=1S/C27H34N6O5/c1-27(2,3)38-26(35)33-11-5-6-18(15-33)31-25-23-22(29-16-30-25)20(24(28)34)14-21(32-23)17-7-9-19(10-8-17)37-13-12-36-4/h7-10,14,16,18H,5-6,11-13,15H2,1-4H3,(H2,28,34)(H,29,30,31)/t18-/m0/s1. The average Bonchev–Trinajstić information content (AvgIpc) is 2.88. The third kappa shape index (κ3) is 6.65. The van der Waals surface area contributed by atoms with Gasteiger partial charge in [0.25, 0.3) is 5.91 Å². The molecule has 1 saturated heterocycles. The molecule has 2 aromatic heterocycles. The van der Waals surface area contributed by atoms with Gasteiger partial charge in [-0.2, -0.15) is 0 Å². The number of nitrogens with zero attached hydrogens (tertiary/aromatic N) is 4. The van der Waals surface area contributed by atoms with Crippen molar-refractivity contribution in [3.63, 3.8) is 0 Å². The number of nitrogens with two attached hydrogens (primary N) is 1. The molecule has 1 aliphatic rings. The van der Waals surface area contributed by atoms with Crippen LogP contribution in [0.4, 0.5) is 10.6 Å². The number of nitrogens with one attached hydrogen (secondary N) is 1. The Balaban J connectivity index is 1.62. The fourth-order valence-electron chi connectivity index (χ4n) is 4.23. The summed E-state index contributed by atoms with van der Waals surface area (Å²) in [4.78, 5) is 40.2. The number of primary amides is 1. The van der Waals surface area contributed by atoms with Crippen molar-refractivity contribution in [2.45, 2.75) is 45.3 Å². The van der Waals surface area contributed by atoms with E-state index in [-0.39, 0.29) is 17.7 Å². The van der Waals surface area contributed by atoms with Crippen molar-refractivity contribution in [1.29, 1.82) is 0 Å². The number of amides is 2. The zero-order valence-corrected chi connectivity index (χ0v) is 22.2. The number of fused-ring (bicyclic) bond motifs is 1. The SMILES string of the molecule is COCCOc1ccc(-c2cc(C(N)=O)c3ncnc(N[C@H]4CCCN(C(=O)OC(C)(C)C)C4)c3n2)cc1. The number of rotatable bonds is 8. The summed E-state index contributed by atoms with van der Waals surface area (Å²) in [6.07, 6.45) is 2.67. The number of methoxy groups -OCH3 is 1. The predicted molar refractivity (Wildman–Crippen MR) is 143 cm³/mol. The van der Waals surface area contributed by atoms with E-state index in [1.165, 1.54) is 6.33 Å². The highest BCUT2D eigenvalue weighted by Crippen LogP contribution is 2.29.